The van der Waals surface area contributed by atoms with Gasteiger partial charge in [0.15, 0.2) is 12.4 Å². The van der Waals surface area contributed by atoms with E-state index < -0.39 is 67.4 Å². The topological polar surface area (TPSA) is 175 Å². The van der Waals surface area contributed by atoms with Crippen LogP contribution in [0.1, 0.15) is 367 Å². The van der Waals surface area contributed by atoms with E-state index >= 15 is 0 Å². The molecule has 8 atom stereocenters. The number of aliphatic hydroxyl groups is 5. The lowest BCUT2D eigenvalue weighted by Crippen LogP contribution is -2.61. The molecule has 1 saturated heterocycles. The van der Waals surface area contributed by atoms with Crippen LogP contribution in [-0.4, -0.2) is 99.6 Å². The molecule has 8 unspecified atom stereocenters. The molecule has 6 N–H and O–H groups in total. The second-order valence-corrected chi connectivity index (χ2v) is 25.7. The van der Waals surface area contributed by atoms with Gasteiger partial charge in [0.05, 0.1) is 25.4 Å². The van der Waals surface area contributed by atoms with Gasteiger partial charge in [-0.15, -0.1) is 0 Å². The average Bonchev–Trinajstić information content (AvgIpc) is 3.69. The Kier molecular flexibility index (Phi) is 58.6. The van der Waals surface area contributed by atoms with Crippen molar-refractivity contribution in [1.82, 2.24) is 5.32 Å². The van der Waals surface area contributed by atoms with Gasteiger partial charge < -0.3 is 45.1 Å². The predicted octanol–water partition coefficient (Wildman–Crippen LogP) is 18.8. The van der Waals surface area contributed by atoms with Crippen LogP contribution < -0.4 is 5.32 Å². The number of hydrogen-bond donors (Lipinski definition) is 6. The summed E-state index contributed by atoms with van der Waals surface area (Å²) in [5.41, 5.74) is 0. The van der Waals surface area contributed by atoms with E-state index in [-0.39, 0.29) is 13.0 Å². The Morgan fingerprint density at radius 1 is 0.452 bits per heavy atom. The fraction of sp³-hybridized carbons (Fsp3) is 0.918. The molecule has 0 bridgehead atoms. The lowest BCUT2D eigenvalue weighted by atomic mass is 9.99. The van der Waals surface area contributed by atoms with Crippen LogP contribution in [-0.2, 0) is 23.8 Å². The van der Waals surface area contributed by atoms with E-state index in [2.05, 4.69) is 38.2 Å². The summed E-state index contributed by atoms with van der Waals surface area (Å²) in [6, 6.07) is -1.02. The quantitative estimate of drug-likeness (QED) is 0.0195. The van der Waals surface area contributed by atoms with Crippen molar-refractivity contribution < 1.29 is 49.3 Å². The van der Waals surface area contributed by atoms with Crippen LogP contribution in [0.15, 0.2) is 24.3 Å². The number of unbranched alkanes of at least 4 members (excludes halogenated alkanes) is 48. The summed E-state index contributed by atoms with van der Waals surface area (Å²) in [5.74, 6) is -1.18. The maximum Gasteiger partial charge on any atom is 0.306 e. The second-order valence-electron chi connectivity index (χ2n) is 25.7. The first-order valence-electron chi connectivity index (χ1n) is 36.6. The number of nitrogens with one attached hydrogen (secondary N) is 1. The molecular formula is C73H139NO10. The number of carbonyl (C=O) groups is 2. The maximum atomic E-state index is 13.5. The fourth-order valence-electron chi connectivity index (χ4n) is 11.8. The zero-order valence-electron chi connectivity index (χ0n) is 55.3. The number of amides is 1. The molecule has 0 aromatic heterocycles. The van der Waals surface area contributed by atoms with Crippen molar-refractivity contribution in [3.8, 4) is 0 Å². The van der Waals surface area contributed by atoms with E-state index in [0.717, 1.165) is 70.6 Å². The molecule has 496 valence electrons. The zero-order valence-corrected chi connectivity index (χ0v) is 55.3. The molecule has 0 radical (unpaired) electrons. The first kappa shape index (κ1) is 80.2. The molecule has 0 aliphatic carbocycles. The summed E-state index contributed by atoms with van der Waals surface area (Å²) in [6.07, 6.45) is 63.8. The zero-order chi connectivity index (χ0) is 61.0. The van der Waals surface area contributed by atoms with E-state index in [1.807, 2.05) is 6.08 Å². The van der Waals surface area contributed by atoms with Crippen molar-refractivity contribution >= 4 is 11.9 Å². The van der Waals surface area contributed by atoms with Crippen molar-refractivity contribution in [2.75, 3.05) is 13.2 Å². The van der Waals surface area contributed by atoms with Gasteiger partial charge in [0, 0.05) is 6.42 Å². The van der Waals surface area contributed by atoms with Gasteiger partial charge in [-0.3, -0.25) is 9.59 Å². The molecule has 11 nitrogen and oxygen atoms in total. The summed E-state index contributed by atoms with van der Waals surface area (Å²) in [4.78, 5) is 26.7. The third-order valence-corrected chi connectivity index (χ3v) is 17.6. The molecule has 11 heteroatoms. The molecule has 0 aromatic carbocycles. The molecule has 84 heavy (non-hydrogen) atoms. The van der Waals surface area contributed by atoms with Crippen LogP contribution in [0, 0.1) is 0 Å². The van der Waals surface area contributed by atoms with E-state index in [1.54, 1.807) is 6.08 Å². The minimum Gasteiger partial charge on any atom is -0.454 e. The highest BCUT2D eigenvalue weighted by molar-refractivity contribution is 5.80. The minimum atomic E-state index is -1.61. The summed E-state index contributed by atoms with van der Waals surface area (Å²) >= 11 is 0. The molecule has 1 fully saturated rings. The Morgan fingerprint density at radius 2 is 0.786 bits per heavy atom. The summed E-state index contributed by atoms with van der Waals surface area (Å²) in [7, 11) is 0. The maximum absolute atomic E-state index is 13.5. The molecular weight excluding hydrogens is 1050 g/mol. The lowest BCUT2D eigenvalue weighted by molar-refractivity contribution is -0.305. The van der Waals surface area contributed by atoms with Gasteiger partial charge in [-0.2, -0.15) is 0 Å². The SMILES string of the molecule is CCCCCCCC/C=C/CCCCCCCCCC(=O)OC1C(OCC(NC(=O)C(O)CCCCCCCCCCCCCCCCCCCCCCCCCCCC)C(O)/C=C/CCCCCCCCCCCC)OC(CO)C(O)C1O. The van der Waals surface area contributed by atoms with Gasteiger partial charge in [0.25, 0.3) is 0 Å². The third kappa shape index (κ3) is 48.1. The molecule has 0 spiro atoms. The Labute approximate surface area is 518 Å². The second kappa shape index (κ2) is 61.4. The first-order chi connectivity index (χ1) is 41.2. The van der Waals surface area contributed by atoms with Crippen molar-refractivity contribution in [1.29, 1.82) is 0 Å². The number of allylic oxidation sites excluding steroid dienone is 3. The largest absolute Gasteiger partial charge is 0.454 e. The van der Waals surface area contributed by atoms with Crippen LogP contribution in [0.2, 0.25) is 0 Å². The molecule has 0 aromatic rings. The van der Waals surface area contributed by atoms with Gasteiger partial charge in [-0.25, -0.2) is 0 Å². The Hall–Kier alpha value is -1.86. The number of hydrogen-bond acceptors (Lipinski definition) is 10. The fourth-order valence-corrected chi connectivity index (χ4v) is 11.8. The van der Waals surface area contributed by atoms with Gasteiger partial charge in [0.2, 0.25) is 5.91 Å². The van der Waals surface area contributed by atoms with E-state index in [4.69, 9.17) is 14.2 Å². The normalized spacial score (nSPS) is 18.5. The number of aliphatic hydroxyl groups excluding tert-OH is 5. The molecule has 1 amide bonds. The van der Waals surface area contributed by atoms with Gasteiger partial charge >= 0.3 is 5.97 Å². The molecule has 0 saturated carbocycles. The highest BCUT2D eigenvalue weighted by atomic mass is 16.7. The van der Waals surface area contributed by atoms with Crippen LogP contribution in [0.4, 0.5) is 0 Å². The average molecular weight is 1190 g/mol. The Balaban J connectivity index is 2.53. The number of rotatable bonds is 64. The van der Waals surface area contributed by atoms with Gasteiger partial charge in [-0.1, -0.05) is 334 Å². The molecule has 1 aliphatic heterocycles. The lowest BCUT2D eigenvalue weighted by Gasteiger charge is -2.41. The van der Waals surface area contributed by atoms with Gasteiger partial charge in [0.1, 0.15) is 24.4 Å². The van der Waals surface area contributed by atoms with Crippen molar-refractivity contribution in [2.24, 2.45) is 0 Å². The van der Waals surface area contributed by atoms with Crippen LogP contribution in [0.3, 0.4) is 0 Å². The van der Waals surface area contributed by atoms with Crippen LogP contribution >= 0.6 is 0 Å². The van der Waals surface area contributed by atoms with E-state index in [0.29, 0.717) is 19.3 Å². The van der Waals surface area contributed by atoms with Crippen molar-refractivity contribution in [3.63, 3.8) is 0 Å². The molecule has 1 rings (SSSR count). The minimum absolute atomic E-state index is 0.123. The molecule has 1 aliphatic rings. The number of carbonyl (C=O) groups excluding carboxylic acids is 2. The summed E-state index contributed by atoms with van der Waals surface area (Å²) < 4.78 is 17.7. The molecule has 1 heterocycles. The number of esters is 1. The predicted molar refractivity (Wildman–Crippen MR) is 352 cm³/mol. The highest BCUT2D eigenvalue weighted by Crippen LogP contribution is 2.27. The third-order valence-electron chi connectivity index (χ3n) is 17.6. The standard InChI is InChI=1S/C73H139NO10/c1-4-7-10-13-16-19-22-25-27-29-30-31-32-33-34-35-36-37-39-40-42-45-48-51-54-57-60-66(77)72(81)74-64(65(76)59-56-53-50-47-44-24-21-18-15-12-9-6-3)63-82-73-71(70(80)69(79)67(62-75)83-73)84-68(78)61-58-55-52-49-46-43-41-38-28-26-23-20-17-14-11-8-5-2/h26,28,56,59,64-67,69-71,73,75-77,79-80H,4-25,27,29-55,57-58,60-63H2,1-3H3,(H,74,81)/b28-26+,59-56+. The van der Waals surface area contributed by atoms with Crippen LogP contribution in [0.25, 0.3) is 0 Å². The Morgan fingerprint density at radius 3 is 1.15 bits per heavy atom. The smallest absolute Gasteiger partial charge is 0.306 e. The number of ether oxygens (including phenoxy) is 3. The van der Waals surface area contributed by atoms with E-state index in [1.165, 1.54) is 250 Å². The highest BCUT2D eigenvalue weighted by Gasteiger charge is 2.47. The van der Waals surface area contributed by atoms with Crippen LogP contribution in [0.5, 0.6) is 0 Å². The monoisotopic (exact) mass is 1190 g/mol. The first-order valence-corrected chi connectivity index (χ1v) is 36.6. The summed E-state index contributed by atoms with van der Waals surface area (Å²) in [5, 5.41) is 57.2. The Bertz CT molecular complexity index is 1460. The van der Waals surface area contributed by atoms with Crippen molar-refractivity contribution in [3.05, 3.63) is 24.3 Å². The summed E-state index contributed by atoms with van der Waals surface area (Å²) in [6.45, 7) is 5.84. The van der Waals surface area contributed by atoms with E-state index in [9.17, 15) is 35.1 Å². The van der Waals surface area contributed by atoms with Gasteiger partial charge in [-0.05, 0) is 51.4 Å². The van der Waals surface area contributed by atoms with Crippen molar-refractivity contribution in [2.45, 2.75) is 416 Å².